The normalized spacial score (nSPS) is 10.7. The zero-order valence-corrected chi connectivity index (χ0v) is 14.9. The van der Waals surface area contributed by atoms with Gasteiger partial charge >= 0.3 is 0 Å². The molecular formula is C18H22Cl2N2O. The molecule has 5 heteroatoms. The Morgan fingerprint density at radius 2 is 1.78 bits per heavy atom. The van der Waals surface area contributed by atoms with E-state index in [1.54, 1.807) is 12.1 Å². The first-order chi connectivity index (χ1) is 11.0. The van der Waals surface area contributed by atoms with Crippen molar-refractivity contribution in [3.05, 3.63) is 52.5 Å². The molecule has 2 rings (SSSR count). The van der Waals surface area contributed by atoms with E-state index in [-0.39, 0.29) is 0 Å². The molecule has 0 amide bonds. The van der Waals surface area contributed by atoms with Crippen LogP contribution in [0.2, 0.25) is 10.0 Å². The fourth-order valence-corrected chi connectivity index (χ4v) is 2.35. The number of rotatable bonds is 8. The van der Waals surface area contributed by atoms with E-state index in [0.29, 0.717) is 16.0 Å². The summed E-state index contributed by atoms with van der Waals surface area (Å²) in [5, 5.41) is 7.96. The van der Waals surface area contributed by atoms with E-state index in [2.05, 4.69) is 24.5 Å². The second kappa shape index (κ2) is 8.90. The van der Waals surface area contributed by atoms with Crippen LogP contribution in [-0.4, -0.2) is 19.7 Å². The summed E-state index contributed by atoms with van der Waals surface area (Å²) in [6.07, 6.45) is 0. The fourth-order valence-electron chi connectivity index (χ4n) is 2.00. The third-order valence-corrected chi connectivity index (χ3v) is 3.68. The smallest absolute Gasteiger partial charge is 0.121 e. The summed E-state index contributed by atoms with van der Waals surface area (Å²) in [5.74, 6) is 1.40. The van der Waals surface area contributed by atoms with Crippen molar-refractivity contribution in [2.24, 2.45) is 5.92 Å². The van der Waals surface area contributed by atoms with E-state index < -0.39 is 0 Å². The Kier molecular flexibility index (Phi) is 6.87. The minimum absolute atomic E-state index is 0.512. The average molecular weight is 353 g/mol. The van der Waals surface area contributed by atoms with Gasteiger partial charge in [-0.2, -0.15) is 0 Å². The highest BCUT2D eigenvalue weighted by molar-refractivity contribution is 6.35. The Labute approximate surface area is 147 Å². The highest BCUT2D eigenvalue weighted by Crippen LogP contribution is 2.25. The highest BCUT2D eigenvalue weighted by Gasteiger charge is 2.01. The molecule has 2 aromatic carbocycles. The molecule has 0 spiro atoms. The zero-order chi connectivity index (χ0) is 16.7. The van der Waals surface area contributed by atoms with Crippen LogP contribution >= 0.6 is 23.2 Å². The summed E-state index contributed by atoms with van der Waals surface area (Å²) < 4.78 is 5.72. The standard InChI is InChI=1S/C18H22Cl2N2O/c1-13(2)12-23-16-5-3-4-15(11-16)21-8-9-22-18-10-14(19)6-7-17(18)20/h3-7,10-11,13,21-22H,8-9,12H2,1-2H3. The highest BCUT2D eigenvalue weighted by atomic mass is 35.5. The maximum Gasteiger partial charge on any atom is 0.121 e. The lowest BCUT2D eigenvalue weighted by molar-refractivity contribution is 0.271. The Bertz CT molecular complexity index is 632. The van der Waals surface area contributed by atoms with Gasteiger partial charge in [0.15, 0.2) is 0 Å². The van der Waals surface area contributed by atoms with Gasteiger partial charge in [0, 0.05) is 29.9 Å². The van der Waals surface area contributed by atoms with Crippen LogP contribution in [0.4, 0.5) is 11.4 Å². The van der Waals surface area contributed by atoms with Gasteiger partial charge in [-0.25, -0.2) is 0 Å². The fraction of sp³-hybridized carbons (Fsp3) is 0.333. The minimum atomic E-state index is 0.512. The molecule has 0 fully saturated rings. The predicted octanol–water partition coefficient (Wildman–Crippen LogP) is 5.55. The van der Waals surface area contributed by atoms with Gasteiger partial charge in [0.05, 0.1) is 17.3 Å². The maximum atomic E-state index is 6.12. The second-order valence-electron chi connectivity index (χ2n) is 5.71. The van der Waals surface area contributed by atoms with Crippen molar-refractivity contribution in [1.82, 2.24) is 0 Å². The van der Waals surface area contributed by atoms with Gasteiger partial charge in [0.1, 0.15) is 5.75 Å². The number of anilines is 2. The van der Waals surface area contributed by atoms with Crippen LogP contribution < -0.4 is 15.4 Å². The molecule has 0 heterocycles. The summed E-state index contributed by atoms with van der Waals surface area (Å²) in [7, 11) is 0. The first kappa shape index (κ1) is 17.8. The molecule has 0 aliphatic carbocycles. The number of ether oxygens (including phenoxy) is 1. The molecule has 23 heavy (non-hydrogen) atoms. The Morgan fingerprint density at radius 1 is 1.00 bits per heavy atom. The lowest BCUT2D eigenvalue weighted by atomic mass is 10.2. The summed E-state index contributed by atoms with van der Waals surface area (Å²) in [6, 6.07) is 13.4. The van der Waals surface area contributed by atoms with E-state index in [0.717, 1.165) is 36.8 Å². The topological polar surface area (TPSA) is 33.3 Å². The van der Waals surface area contributed by atoms with Crippen molar-refractivity contribution in [2.75, 3.05) is 30.3 Å². The third-order valence-electron chi connectivity index (χ3n) is 3.12. The van der Waals surface area contributed by atoms with E-state index >= 15 is 0 Å². The molecular weight excluding hydrogens is 331 g/mol. The monoisotopic (exact) mass is 352 g/mol. The number of benzene rings is 2. The van der Waals surface area contributed by atoms with Crippen LogP contribution in [0.15, 0.2) is 42.5 Å². The second-order valence-corrected chi connectivity index (χ2v) is 6.55. The molecule has 0 saturated heterocycles. The van der Waals surface area contributed by atoms with E-state index in [9.17, 15) is 0 Å². The Balaban J connectivity index is 1.80. The molecule has 0 aliphatic rings. The number of halogens is 2. The van der Waals surface area contributed by atoms with Crippen LogP contribution in [0, 0.1) is 5.92 Å². The number of nitrogens with one attached hydrogen (secondary N) is 2. The number of hydrogen-bond donors (Lipinski definition) is 2. The largest absolute Gasteiger partial charge is 0.493 e. The summed E-state index contributed by atoms with van der Waals surface area (Å²) in [4.78, 5) is 0. The van der Waals surface area contributed by atoms with Crippen molar-refractivity contribution in [2.45, 2.75) is 13.8 Å². The molecule has 0 bridgehead atoms. The van der Waals surface area contributed by atoms with Gasteiger partial charge in [-0.15, -0.1) is 0 Å². The number of hydrogen-bond acceptors (Lipinski definition) is 3. The molecule has 0 saturated carbocycles. The van der Waals surface area contributed by atoms with Crippen molar-refractivity contribution in [3.63, 3.8) is 0 Å². The molecule has 124 valence electrons. The van der Waals surface area contributed by atoms with Gasteiger partial charge in [0.2, 0.25) is 0 Å². The first-order valence-corrected chi connectivity index (χ1v) is 8.46. The van der Waals surface area contributed by atoms with E-state index in [4.69, 9.17) is 27.9 Å². The molecule has 0 aromatic heterocycles. The van der Waals surface area contributed by atoms with Crippen molar-refractivity contribution < 1.29 is 4.74 Å². The molecule has 0 atom stereocenters. The van der Waals surface area contributed by atoms with Crippen molar-refractivity contribution in [1.29, 1.82) is 0 Å². The SMILES string of the molecule is CC(C)COc1cccc(NCCNc2cc(Cl)ccc2Cl)c1. The third kappa shape index (κ3) is 6.20. The molecule has 3 nitrogen and oxygen atoms in total. The summed E-state index contributed by atoms with van der Waals surface area (Å²) in [5.41, 5.74) is 1.88. The predicted molar refractivity (Wildman–Crippen MR) is 100 cm³/mol. The zero-order valence-electron chi connectivity index (χ0n) is 13.4. The Morgan fingerprint density at radius 3 is 2.57 bits per heavy atom. The van der Waals surface area contributed by atoms with Crippen molar-refractivity contribution in [3.8, 4) is 5.75 Å². The van der Waals surface area contributed by atoms with Gasteiger partial charge < -0.3 is 15.4 Å². The van der Waals surface area contributed by atoms with Crippen LogP contribution in [0.3, 0.4) is 0 Å². The Hall–Kier alpha value is -1.58. The molecule has 2 aromatic rings. The van der Waals surface area contributed by atoms with Crippen LogP contribution in [-0.2, 0) is 0 Å². The van der Waals surface area contributed by atoms with E-state index in [1.165, 1.54) is 0 Å². The molecule has 0 unspecified atom stereocenters. The first-order valence-electron chi connectivity index (χ1n) is 7.70. The van der Waals surface area contributed by atoms with Crippen LogP contribution in [0.5, 0.6) is 5.75 Å². The molecule has 0 radical (unpaired) electrons. The van der Waals surface area contributed by atoms with E-state index in [1.807, 2.05) is 30.3 Å². The lowest BCUT2D eigenvalue weighted by Gasteiger charge is -2.12. The van der Waals surface area contributed by atoms with Gasteiger partial charge in [-0.3, -0.25) is 0 Å². The van der Waals surface area contributed by atoms with Gasteiger partial charge in [-0.05, 0) is 36.2 Å². The minimum Gasteiger partial charge on any atom is -0.493 e. The quantitative estimate of drug-likeness (QED) is 0.610. The van der Waals surface area contributed by atoms with Crippen LogP contribution in [0.1, 0.15) is 13.8 Å². The maximum absolute atomic E-state index is 6.12. The van der Waals surface area contributed by atoms with Gasteiger partial charge in [0.25, 0.3) is 0 Å². The summed E-state index contributed by atoms with van der Waals surface area (Å²) in [6.45, 7) is 6.48. The van der Waals surface area contributed by atoms with Gasteiger partial charge in [-0.1, -0.05) is 43.1 Å². The van der Waals surface area contributed by atoms with Crippen molar-refractivity contribution >= 4 is 34.6 Å². The average Bonchev–Trinajstić information content (AvgIpc) is 2.53. The summed E-state index contributed by atoms with van der Waals surface area (Å²) >= 11 is 12.1. The lowest BCUT2D eigenvalue weighted by Crippen LogP contribution is -2.14. The van der Waals surface area contributed by atoms with Crippen LogP contribution in [0.25, 0.3) is 0 Å². The molecule has 0 aliphatic heterocycles. The molecule has 2 N–H and O–H groups in total.